The minimum atomic E-state index is -0.851. The number of amides is 3. The Bertz CT molecular complexity index is 2410. The van der Waals surface area contributed by atoms with Crippen molar-refractivity contribution in [2.24, 2.45) is 0 Å². The van der Waals surface area contributed by atoms with E-state index in [9.17, 15) is 28.8 Å². The van der Waals surface area contributed by atoms with E-state index < -0.39 is 53.0 Å². The minimum Gasteiger partial charge on any atom is -0.460 e. The number of fused-ring (bicyclic) bond motifs is 1. The number of ketones is 1. The summed E-state index contributed by atoms with van der Waals surface area (Å²) in [7, 11) is 3.14. The summed E-state index contributed by atoms with van der Waals surface area (Å²) in [6, 6.07) is 31.5. The lowest BCUT2D eigenvalue weighted by atomic mass is 9.93. The maximum absolute atomic E-state index is 13.9. The average Bonchev–Trinajstić information content (AvgIpc) is 3.66. The second kappa shape index (κ2) is 20.1. The van der Waals surface area contributed by atoms with E-state index in [2.05, 4.69) is 10.3 Å². The summed E-state index contributed by atoms with van der Waals surface area (Å²) in [5, 5.41) is 3.80. The van der Waals surface area contributed by atoms with Crippen LogP contribution in [0.4, 0.5) is 5.69 Å². The van der Waals surface area contributed by atoms with E-state index in [-0.39, 0.29) is 36.9 Å². The van der Waals surface area contributed by atoms with Crippen LogP contribution in [-0.2, 0) is 44.7 Å². The lowest BCUT2D eigenvalue weighted by Gasteiger charge is -2.29. The summed E-state index contributed by atoms with van der Waals surface area (Å²) in [6.45, 7) is 14.0. The van der Waals surface area contributed by atoms with Crippen molar-refractivity contribution >= 4 is 52.0 Å². The van der Waals surface area contributed by atoms with E-state index in [4.69, 9.17) is 9.47 Å². The van der Waals surface area contributed by atoms with Crippen molar-refractivity contribution in [3.8, 4) is 11.3 Å². The molecule has 4 atom stereocenters. The van der Waals surface area contributed by atoms with Crippen molar-refractivity contribution in [1.29, 1.82) is 0 Å². The maximum Gasteiger partial charge on any atom is 0.307 e. The Morgan fingerprint density at radius 3 is 1.57 bits per heavy atom. The predicted octanol–water partition coefficient (Wildman–Crippen LogP) is 8.61. The van der Waals surface area contributed by atoms with Gasteiger partial charge in [-0.05, 0) is 108 Å². The van der Waals surface area contributed by atoms with Crippen LogP contribution in [0.5, 0.6) is 0 Å². The summed E-state index contributed by atoms with van der Waals surface area (Å²) in [5.41, 5.74) is 3.81. The number of anilines is 1. The van der Waals surface area contributed by atoms with Gasteiger partial charge in [0.1, 0.15) is 17.2 Å². The molecule has 332 valence electrons. The van der Waals surface area contributed by atoms with E-state index in [1.807, 2.05) is 60.7 Å². The highest BCUT2D eigenvalue weighted by Crippen LogP contribution is 2.29. The van der Waals surface area contributed by atoms with Crippen LogP contribution in [0.1, 0.15) is 96.8 Å². The Hall–Kier alpha value is -6.56. The first-order valence-corrected chi connectivity index (χ1v) is 21.2. The molecule has 0 aliphatic rings. The fraction of sp³-hybridized carbons (Fsp3) is 0.373. The van der Waals surface area contributed by atoms with Crippen LogP contribution >= 0.6 is 0 Å². The predicted molar refractivity (Wildman–Crippen MR) is 245 cm³/mol. The molecule has 0 bridgehead atoms. The SMILES string of the molecule is C[C@@H](C(=O)Cc1ccc2[nH]c(-c3ccc(NC(=O)[C@H](C)N(C)C(=O)[C@H](CC(=O)OC(C)(C)C)c4ccccc4)cc3)cc2c1)N(C)C(=O)[C@H](CC(=O)OC(C)(C)C)c1ccccc1. The lowest BCUT2D eigenvalue weighted by molar-refractivity contribution is -0.157. The topological polar surface area (TPSA) is 155 Å². The largest absolute Gasteiger partial charge is 0.460 e. The number of hydrogen-bond acceptors (Lipinski definition) is 8. The van der Waals surface area contributed by atoms with Gasteiger partial charge in [0, 0.05) is 42.8 Å². The minimum absolute atomic E-state index is 0.0988. The number of rotatable bonds is 16. The van der Waals surface area contributed by atoms with Gasteiger partial charge < -0.3 is 29.6 Å². The van der Waals surface area contributed by atoms with Crippen LogP contribution in [-0.4, -0.2) is 87.6 Å². The third-order valence-electron chi connectivity index (χ3n) is 10.8. The Balaban J connectivity index is 1.21. The number of likely N-dealkylation sites (N-methyl/N-ethyl adjacent to an activating group) is 2. The zero-order valence-electron chi connectivity index (χ0n) is 38.0. The molecule has 0 spiro atoms. The van der Waals surface area contributed by atoms with Crippen LogP contribution < -0.4 is 5.32 Å². The van der Waals surface area contributed by atoms with Crippen molar-refractivity contribution in [2.75, 3.05) is 19.4 Å². The number of aromatic nitrogens is 1. The summed E-state index contributed by atoms with van der Waals surface area (Å²) < 4.78 is 11.0. The van der Waals surface area contributed by atoms with Crippen LogP contribution in [0.15, 0.2) is 109 Å². The van der Waals surface area contributed by atoms with Crippen molar-refractivity contribution in [3.63, 3.8) is 0 Å². The molecule has 3 amide bonds. The first-order chi connectivity index (χ1) is 29.6. The van der Waals surface area contributed by atoms with E-state index in [0.29, 0.717) is 16.8 Å². The zero-order chi connectivity index (χ0) is 46.2. The van der Waals surface area contributed by atoms with Crippen molar-refractivity contribution in [1.82, 2.24) is 14.8 Å². The van der Waals surface area contributed by atoms with Crippen molar-refractivity contribution in [2.45, 2.75) is 110 Å². The van der Waals surface area contributed by atoms with E-state index in [1.54, 1.807) is 118 Å². The lowest BCUT2D eigenvalue weighted by Crippen LogP contribution is -2.45. The Morgan fingerprint density at radius 1 is 0.619 bits per heavy atom. The summed E-state index contributed by atoms with van der Waals surface area (Å²) in [5.74, 6) is -3.89. The fourth-order valence-corrected chi connectivity index (χ4v) is 7.21. The number of nitrogens with zero attached hydrogens (tertiary/aromatic N) is 2. The van der Waals surface area contributed by atoms with Gasteiger partial charge in [0.25, 0.3) is 0 Å². The number of hydrogen-bond donors (Lipinski definition) is 2. The normalized spacial score (nSPS) is 13.6. The van der Waals surface area contributed by atoms with Gasteiger partial charge in [-0.1, -0.05) is 78.9 Å². The molecule has 0 aliphatic heterocycles. The molecule has 4 aromatic carbocycles. The second-order valence-corrected chi connectivity index (χ2v) is 18.1. The molecule has 0 radical (unpaired) electrons. The number of H-pyrrole nitrogens is 1. The fourth-order valence-electron chi connectivity index (χ4n) is 7.21. The molecule has 0 unspecified atom stereocenters. The van der Waals surface area contributed by atoms with Crippen molar-refractivity contribution < 1.29 is 38.2 Å². The maximum atomic E-state index is 13.9. The van der Waals surface area contributed by atoms with Gasteiger partial charge in [0.05, 0.1) is 30.7 Å². The number of esters is 2. The first-order valence-electron chi connectivity index (χ1n) is 21.2. The van der Waals surface area contributed by atoms with Crippen molar-refractivity contribution in [3.05, 3.63) is 126 Å². The highest BCUT2D eigenvalue weighted by atomic mass is 16.6. The standard InChI is InChI=1S/C51H60N4O8/c1-32(54(9)48(60)40(35-17-13-11-14-18-35)30-45(57)62-50(3,4)5)44(56)28-34-21-26-42-38(27-34)29-43(53-42)37-22-24-39(25-23-37)52-47(59)33(2)55(10)49(61)41(36-19-15-12-16-20-36)31-46(58)63-51(6,7)8/h11-27,29,32-33,40-41,53H,28,30-31H2,1-10H3,(H,52,59)/t32-,33-,40+,41+/m0/s1. The summed E-state index contributed by atoms with van der Waals surface area (Å²) in [6.07, 6.45) is -0.214. The van der Waals surface area contributed by atoms with Gasteiger partial charge >= 0.3 is 11.9 Å². The third kappa shape index (κ3) is 13.0. The highest BCUT2D eigenvalue weighted by molar-refractivity contribution is 5.99. The number of carbonyl (C=O) groups excluding carboxylic acids is 6. The smallest absolute Gasteiger partial charge is 0.307 e. The van der Waals surface area contributed by atoms with Gasteiger partial charge in [-0.25, -0.2) is 0 Å². The second-order valence-electron chi connectivity index (χ2n) is 18.1. The molecule has 12 nitrogen and oxygen atoms in total. The molecular weight excluding hydrogens is 797 g/mol. The first kappa shape index (κ1) is 47.5. The molecule has 5 rings (SSSR count). The molecule has 1 heterocycles. The van der Waals surface area contributed by atoms with Gasteiger partial charge in [-0.2, -0.15) is 0 Å². The highest BCUT2D eigenvalue weighted by Gasteiger charge is 2.34. The third-order valence-corrected chi connectivity index (χ3v) is 10.8. The van der Waals surface area contributed by atoms with Crippen LogP contribution in [0.2, 0.25) is 0 Å². The number of ether oxygens (including phenoxy) is 2. The van der Waals surface area contributed by atoms with Gasteiger partial charge in [-0.3, -0.25) is 28.8 Å². The van der Waals surface area contributed by atoms with Gasteiger partial charge in [0.2, 0.25) is 17.7 Å². The van der Waals surface area contributed by atoms with E-state index >= 15 is 0 Å². The summed E-state index contributed by atoms with van der Waals surface area (Å²) in [4.78, 5) is 86.5. The Kier molecular flexibility index (Phi) is 15.1. The molecular formula is C51H60N4O8. The quantitative estimate of drug-likeness (QED) is 0.0936. The van der Waals surface area contributed by atoms with Gasteiger partial charge in [-0.15, -0.1) is 0 Å². The number of carbonyl (C=O) groups is 6. The molecule has 63 heavy (non-hydrogen) atoms. The van der Waals surface area contributed by atoms with E-state index in [0.717, 1.165) is 27.7 Å². The Labute approximate surface area is 370 Å². The summed E-state index contributed by atoms with van der Waals surface area (Å²) >= 11 is 0. The zero-order valence-corrected chi connectivity index (χ0v) is 38.0. The van der Waals surface area contributed by atoms with Crippen LogP contribution in [0.25, 0.3) is 22.2 Å². The monoisotopic (exact) mass is 856 g/mol. The molecule has 2 N–H and O–H groups in total. The molecule has 12 heteroatoms. The molecule has 0 fully saturated rings. The molecule has 0 saturated carbocycles. The molecule has 0 saturated heterocycles. The molecule has 1 aromatic heterocycles. The number of aromatic amines is 1. The van der Waals surface area contributed by atoms with Gasteiger partial charge in [0.15, 0.2) is 5.78 Å². The van der Waals surface area contributed by atoms with Crippen LogP contribution in [0, 0.1) is 0 Å². The molecule has 5 aromatic rings. The molecule has 0 aliphatic carbocycles. The number of nitrogens with one attached hydrogen (secondary N) is 2. The van der Waals surface area contributed by atoms with Crippen LogP contribution in [0.3, 0.4) is 0 Å². The Morgan fingerprint density at radius 2 is 1.10 bits per heavy atom. The average molecular weight is 857 g/mol. The number of Topliss-reactive ketones (excluding diaryl/α,β-unsaturated/α-hetero) is 1. The number of benzene rings is 4. The van der Waals surface area contributed by atoms with E-state index in [1.165, 1.54) is 9.80 Å².